The molecule has 1 aliphatic heterocycles. The van der Waals surface area contributed by atoms with Crippen molar-refractivity contribution >= 4 is 17.8 Å². The smallest absolute Gasteiger partial charge is 0.328 e. The molecule has 0 amide bonds. The standard InChI is InChI=1S/C30H32ClFN6O2/c1-17(2)26-21(6-5-7-22(26)32)30(31)33-15-23-27(35-30)37(28(39)34-23)16-18-8-12-20(13-9-18)38-24(19-10-11-19)14-25(36-38)29(3,4)40/h5-9,12-15,17,19,33,40H,10-11,16H2,1-4H3,(H,34,39). The molecule has 1 fully saturated rings. The van der Waals surface area contributed by atoms with Crippen LogP contribution >= 0.6 is 11.6 Å². The van der Waals surface area contributed by atoms with E-state index in [4.69, 9.17) is 21.7 Å². The molecule has 2 aromatic heterocycles. The molecule has 1 saturated carbocycles. The predicted octanol–water partition coefficient (Wildman–Crippen LogP) is 3.79. The molecule has 3 heterocycles. The van der Waals surface area contributed by atoms with Gasteiger partial charge in [-0.3, -0.25) is 4.57 Å². The van der Waals surface area contributed by atoms with Crippen molar-refractivity contribution in [1.82, 2.24) is 24.6 Å². The molecule has 2 aromatic carbocycles. The Labute approximate surface area is 235 Å². The van der Waals surface area contributed by atoms with Gasteiger partial charge in [0.05, 0.1) is 17.9 Å². The number of rotatable bonds is 7. The van der Waals surface area contributed by atoms with E-state index in [2.05, 4.69) is 10.3 Å². The SMILES string of the molecule is CC(C)c1c(F)cccc1C1(Cl)N=c2c([nH]c(=O)n2Cc2ccc(-n3nc(C(C)(C)O)cc3C3CC3)cc2)=CN1. The van der Waals surface area contributed by atoms with E-state index in [9.17, 15) is 14.3 Å². The van der Waals surface area contributed by atoms with Gasteiger partial charge in [0.25, 0.3) is 0 Å². The lowest BCUT2D eigenvalue weighted by Gasteiger charge is -2.28. The van der Waals surface area contributed by atoms with E-state index in [0.717, 1.165) is 29.8 Å². The minimum Gasteiger partial charge on any atom is -0.384 e. The zero-order valence-corrected chi connectivity index (χ0v) is 23.6. The highest BCUT2D eigenvalue weighted by molar-refractivity contribution is 6.24. The lowest BCUT2D eigenvalue weighted by molar-refractivity contribution is 0.0734. The Hall–Kier alpha value is -3.69. The molecule has 0 spiro atoms. The van der Waals surface area contributed by atoms with Gasteiger partial charge in [0.2, 0.25) is 5.12 Å². The number of nitrogens with zero attached hydrogens (tertiary/aromatic N) is 4. The zero-order valence-electron chi connectivity index (χ0n) is 22.9. The second kappa shape index (κ2) is 9.45. The van der Waals surface area contributed by atoms with Crippen molar-refractivity contribution in [1.29, 1.82) is 0 Å². The molecule has 6 rings (SSSR count). The molecule has 208 valence electrons. The fourth-order valence-corrected chi connectivity index (χ4v) is 5.54. The van der Waals surface area contributed by atoms with E-state index < -0.39 is 10.7 Å². The van der Waals surface area contributed by atoms with Crippen molar-refractivity contribution in [3.8, 4) is 5.69 Å². The van der Waals surface area contributed by atoms with E-state index in [1.807, 2.05) is 48.9 Å². The largest absolute Gasteiger partial charge is 0.384 e. The van der Waals surface area contributed by atoms with Crippen LogP contribution in [-0.2, 0) is 17.3 Å². The lowest BCUT2D eigenvalue weighted by Crippen LogP contribution is -2.46. The molecular formula is C30H32ClFN6O2. The normalized spacial score (nSPS) is 18.7. The maximum absolute atomic E-state index is 14.8. The van der Waals surface area contributed by atoms with Crippen LogP contribution in [-0.4, -0.2) is 24.4 Å². The summed E-state index contributed by atoms with van der Waals surface area (Å²) in [6, 6.07) is 14.6. The summed E-state index contributed by atoms with van der Waals surface area (Å²) in [7, 11) is 0. The average molecular weight is 563 g/mol. The minimum absolute atomic E-state index is 0.119. The molecule has 0 bridgehead atoms. The van der Waals surface area contributed by atoms with Gasteiger partial charge in [-0.25, -0.2) is 18.9 Å². The Morgan fingerprint density at radius 1 is 1.20 bits per heavy atom. The van der Waals surface area contributed by atoms with E-state index in [-0.39, 0.29) is 24.0 Å². The van der Waals surface area contributed by atoms with Gasteiger partial charge in [0, 0.05) is 23.4 Å². The first-order chi connectivity index (χ1) is 18.9. The van der Waals surface area contributed by atoms with Crippen LogP contribution in [0.4, 0.5) is 4.39 Å². The fraction of sp³-hybridized carbons (Fsp3) is 0.367. The van der Waals surface area contributed by atoms with Gasteiger partial charge < -0.3 is 15.4 Å². The highest BCUT2D eigenvalue weighted by Crippen LogP contribution is 2.42. The summed E-state index contributed by atoms with van der Waals surface area (Å²) < 4.78 is 18.2. The van der Waals surface area contributed by atoms with Crippen LogP contribution in [0.5, 0.6) is 0 Å². The summed E-state index contributed by atoms with van der Waals surface area (Å²) in [6.45, 7) is 7.54. The number of aromatic amines is 1. The number of halogens is 2. The lowest BCUT2D eigenvalue weighted by atomic mass is 9.94. The summed E-state index contributed by atoms with van der Waals surface area (Å²) in [4.78, 5) is 20.5. The van der Waals surface area contributed by atoms with E-state index in [1.165, 1.54) is 10.6 Å². The molecule has 0 saturated heterocycles. The molecule has 2 aliphatic rings. The first-order valence-corrected chi connectivity index (χ1v) is 13.9. The minimum atomic E-state index is -1.47. The summed E-state index contributed by atoms with van der Waals surface area (Å²) in [6.07, 6.45) is 3.84. The van der Waals surface area contributed by atoms with Gasteiger partial charge >= 0.3 is 5.69 Å². The third-order valence-electron chi connectivity index (χ3n) is 7.52. The van der Waals surface area contributed by atoms with Gasteiger partial charge in [0.1, 0.15) is 16.8 Å². The van der Waals surface area contributed by atoms with Crippen molar-refractivity contribution in [2.24, 2.45) is 4.99 Å². The van der Waals surface area contributed by atoms with Crippen LogP contribution in [0.1, 0.15) is 80.5 Å². The molecule has 1 aliphatic carbocycles. The second-order valence-electron chi connectivity index (χ2n) is 11.5. The quantitative estimate of drug-likeness (QED) is 0.236. The van der Waals surface area contributed by atoms with Crippen molar-refractivity contribution in [3.63, 3.8) is 0 Å². The number of aliphatic hydroxyl groups is 1. The number of fused-ring (bicyclic) bond motifs is 1. The first kappa shape index (κ1) is 26.5. The monoisotopic (exact) mass is 562 g/mol. The van der Waals surface area contributed by atoms with Crippen LogP contribution in [0.2, 0.25) is 0 Å². The van der Waals surface area contributed by atoms with Crippen LogP contribution in [0.15, 0.2) is 58.3 Å². The van der Waals surface area contributed by atoms with Crippen LogP contribution in [0.3, 0.4) is 0 Å². The Balaban J connectivity index is 1.35. The molecular weight excluding hydrogens is 531 g/mol. The predicted molar refractivity (Wildman–Crippen MR) is 151 cm³/mol. The van der Waals surface area contributed by atoms with Crippen molar-refractivity contribution < 1.29 is 9.50 Å². The third kappa shape index (κ3) is 4.67. The number of hydrogen-bond acceptors (Lipinski definition) is 5. The Morgan fingerprint density at radius 2 is 1.93 bits per heavy atom. The van der Waals surface area contributed by atoms with Gasteiger partial charge in [-0.2, -0.15) is 5.10 Å². The Morgan fingerprint density at radius 3 is 2.58 bits per heavy atom. The van der Waals surface area contributed by atoms with Crippen LogP contribution < -0.4 is 21.8 Å². The Bertz CT molecular complexity index is 1780. The van der Waals surface area contributed by atoms with Gasteiger partial charge in [-0.1, -0.05) is 49.7 Å². The summed E-state index contributed by atoms with van der Waals surface area (Å²) >= 11 is 6.97. The highest BCUT2D eigenvalue weighted by Gasteiger charge is 2.35. The molecule has 10 heteroatoms. The Kier molecular flexibility index (Phi) is 6.27. The van der Waals surface area contributed by atoms with Gasteiger partial charge in [-0.05, 0) is 68.0 Å². The molecule has 3 N–H and O–H groups in total. The molecule has 40 heavy (non-hydrogen) atoms. The van der Waals surface area contributed by atoms with Gasteiger partial charge in [-0.15, -0.1) is 0 Å². The average Bonchev–Trinajstić information content (AvgIpc) is 3.57. The van der Waals surface area contributed by atoms with Crippen LogP contribution in [0, 0.1) is 5.82 Å². The zero-order chi connectivity index (χ0) is 28.4. The number of alkyl halides is 1. The summed E-state index contributed by atoms with van der Waals surface area (Å²) in [5.74, 6) is -0.0182. The summed E-state index contributed by atoms with van der Waals surface area (Å²) in [5.41, 5.74) is 3.53. The maximum atomic E-state index is 14.8. The fourth-order valence-electron chi connectivity index (χ4n) is 5.24. The van der Waals surface area contributed by atoms with E-state index in [0.29, 0.717) is 33.6 Å². The molecule has 8 nitrogen and oxygen atoms in total. The van der Waals surface area contributed by atoms with E-state index in [1.54, 1.807) is 32.2 Å². The van der Waals surface area contributed by atoms with Crippen molar-refractivity contribution in [2.45, 2.75) is 69.6 Å². The first-order valence-electron chi connectivity index (χ1n) is 13.5. The molecule has 1 unspecified atom stereocenters. The number of nitrogens with one attached hydrogen (secondary N) is 2. The van der Waals surface area contributed by atoms with E-state index >= 15 is 0 Å². The van der Waals surface area contributed by atoms with Crippen LogP contribution in [0.25, 0.3) is 11.9 Å². The number of H-pyrrole nitrogens is 1. The molecule has 1 atom stereocenters. The van der Waals surface area contributed by atoms with Crippen molar-refractivity contribution in [3.05, 3.63) is 104 Å². The second-order valence-corrected chi connectivity index (χ2v) is 12.0. The molecule has 0 radical (unpaired) electrons. The molecule has 4 aromatic rings. The highest BCUT2D eigenvalue weighted by atomic mass is 35.5. The number of benzene rings is 2. The van der Waals surface area contributed by atoms with Gasteiger partial charge in [0.15, 0.2) is 5.49 Å². The number of hydrogen-bond donors (Lipinski definition) is 3. The third-order valence-corrected chi connectivity index (χ3v) is 7.92. The van der Waals surface area contributed by atoms with Crippen molar-refractivity contribution in [2.75, 3.05) is 0 Å². The summed E-state index contributed by atoms with van der Waals surface area (Å²) in [5, 5.41) is 17.3. The number of imidazole rings is 1. The number of aromatic nitrogens is 4. The maximum Gasteiger partial charge on any atom is 0.328 e. The topological polar surface area (TPSA) is 100 Å².